The van der Waals surface area contributed by atoms with Gasteiger partial charge < -0.3 is 19.4 Å². The van der Waals surface area contributed by atoms with Crippen molar-refractivity contribution in [2.45, 2.75) is 45.5 Å². The molecule has 9 heteroatoms. The lowest BCUT2D eigenvalue weighted by Gasteiger charge is -2.32. The van der Waals surface area contributed by atoms with Crippen molar-refractivity contribution in [2.75, 3.05) is 6.54 Å². The van der Waals surface area contributed by atoms with Gasteiger partial charge in [-0.2, -0.15) is 0 Å². The van der Waals surface area contributed by atoms with Crippen LogP contribution in [-0.4, -0.2) is 31.0 Å². The molecule has 2 aromatic carbocycles. The maximum absolute atomic E-state index is 14.5. The van der Waals surface area contributed by atoms with Crippen molar-refractivity contribution < 1.29 is 27.6 Å². The monoisotopic (exact) mass is 507 g/mol. The summed E-state index contributed by atoms with van der Waals surface area (Å²) in [5.41, 5.74) is -0.0186. The van der Waals surface area contributed by atoms with Crippen molar-refractivity contribution in [2.24, 2.45) is 0 Å². The molecular weight excluding hydrogens is 483 g/mol. The zero-order valence-electron chi connectivity index (χ0n) is 18.4. The van der Waals surface area contributed by atoms with Crippen LogP contribution in [0, 0.1) is 11.6 Å². The molecule has 2 aromatic rings. The largest absolute Gasteiger partial charge is 0.492 e. The van der Waals surface area contributed by atoms with E-state index in [1.165, 1.54) is 6.08 Å². The number of carbonyl (C=O) groups excluding carboxylic acids is 1. The third kappa shape index (κ3) is 5.76. The molecule has 1 saturated heterocycles. The lowest BCUT2D eigenvalue weighted by atomic mass is 9.77. The first-order chi connectivity index (χ1) is 15.0. The Morgan fingerprint density at radius 1 is 1.09 bits per heavy atom. The Hall–Kier alpha value is -2.23. The quantitative estimate of drug-likeness (QED) is 0.404. The maximum atomic E-state index is 14.5. The predicted molar refractivity (Wildman–Crippen MR) is 123 cm³/mol. The highest BCUT2D eigenvalue weighted by Crippen LogP contribution is 2.39. The molecule has 0 aliphatic carbocycles. The first kappa shape index (κ1) is 24.4. The van der Waals surface area contributed by atoms with Crippen LogP contribution in [0.2, 0.25) is 0 Å². The molecule has 5 nitrogen and oxygen atoms in total. The third-order valence-electron chi connectivity index (χ3n) is 5.59. The van der Waals surface area contributed by atoms with E-state index in [1.54, 1.807) is 0 Å². The van der Waals surface area contributed by atoms with Gasteiger partial charge in [-0.15, -0.1) is 0 Å². The topological polar surface area (TPSA) is 56.8 Å². The SMILES string of the molecule is CC1(C)OB(C(=Cc2cc(F)c(Br)cc2F)CNC(=O)OCc2ccccc2)OC1(C)C. The van der Waals surface area contributed by atoms with E-state index in [-0.39, 0.29) is 23.2 Å². The highest BCUT2D eigenvalue weighted by Gasteiger charge is 2.52. The van der Waals surface area contributed by atoms with Gasteiger partial charge in [0.2, 0.25) is 0 Å². The summed E-state index contributed by atoms with van der Waals surface area (Å²) in [5.74, 6) is -1.24. The van der Waals surface area contributed by atoms with Crippen molar-refractivity contribution in [3.8, 4) is 0 Å². The number of alkyl carbamates (subject to hydrolysis) is 1. The molecule has 3 rings (SSSR count). The van der Waals surface area contributed by atoms with Gasteiger partial charge in [0.15, 0.2) is 0 Å². The Balaban J connectivity index is 1.78. The van der Waals surface area contributed by atoms with Crippen LogP contribution in [0.4, 0.5) is 13.6 Å². The fraction of sp³-hybridized carbons (Fsp3) is 0.348. The molecule has 170 valence electrons. The van der Waals surface area contributed by atoms with Crippen molar-refractivity contribution in [3.63, 3.8) is 0 Å². The van der Waals surface area contributed by atoms with E-state index in [2.05, 4.69) is 21.2 Å². The molecule has 0 unspecified atom stereocenters. The van der Waals surface area contributed by atoms with Crippen molar-refractivity contribution in [1.82, 2.24) is 5.32 Å². The standard InChI is InChI=1S/C23H25BBrF2NO4/c1-22(2)23(3,4)32-24(31-22)17(10-16-11-20(27)18(25)12-19(16)26)13-28-21(29)30-14-15-8-6-5-7-9-15/h5-12H,13-14H2,1-4H3,(H,28,29). The smallest absolute Gasteiger partial charge is 0.445 e. The van der Waals surface area contributed by atoms with Crippen molar-refractivity contribution in [3.05, 3.63) is 75.2 Å². The van der Waals surface area contributed by atoms with Gasteiger partial charge in [0.05, 0.1) is 15.7 Å². The third-order valence-corrected chi connectivity index (χ3v) is 6.19. The van der Waals surface area contributed by atoms with E-state index in [0.29, 0.717) is 5.47 Å². The van der Waals surface area contributed by atoms with Crippen LogP contribution < -0.4 is 5.32 Å². The minimum atomic E-state index is -0.861. The summed E-state index contributed by atoms with van der Waals surface area (Å²) in [4.78, 5) is 12.2. The molecule has 1 heterocycles. The van der Waals surface area contributed by atoms with E-state index in [0.717, 1.165) is 17.7 Å². The molecule has 32 heavy (non-hydrogen) atoms. The van der Waals surface area contributed by atoms with Crippen LogP contribution >= 0.6 is 15.9 Å². The van der Waals surface area contributed by atoms with Crippen molar-refractivity contribution >= 4 is 35.2 Å². The summed E-state index contributed by atoms with van der Waals surface area (Å²) in [5, 5.41) is 2.64. The first-order valence-electron chi connectivity index (χ1n) is 10.1. The van der Waals surface area contributed by atoms with E-state index in [1.807, 2.05) is 58.0 Å². The Morgan fingerprint density at radius 2 is 1.72 bits per heavy atom. The number of halogens is 3. The number of hydrogen-bond donors (Lipinski definition) is 1. The second kappa shape index (κ2) is 9.73. The molecule has 0 aromatic heterocycles. The molecule has 1 amide bonds. The highest BCUT2D eigenvalue weighted by atomic mass is 79.9. The van der Waals surface area contributed by atoms with Crippen LogP contribution in [0.1, 0.15) is 38.8 Å². The van der Waals surface area contributed by atoms with E-state index in [9.17, 15) is 13.6 Å². The highest BCUT2D eigenvalue weighted by molar-refractivity contribution is 9.10. The molecule has 0 radical (unpaired) electrons. The Bertz CT molecular complexity index is 999. The number of carbonyl (C=O) groups is 1. The second-order valence-electron chi connectivity index (χ2n) is 8.51. The van der Waals surface area contributed by atoms with Crippen LogP contribution in [0.5, 0.6) is 0 Å². The zero-order valence-corrected chi connectivity index (χ0v) is 20.0. The fourth-order valence-corrected chi connectivity index (χ4v) is 3.31. The number of nitrogens with one attached hydrogen (secondary N) is 1. The first-order valence-corrected chi connectivity index (χ1v) is 10.9. The van der Waals surface area contributed by atoms with Crippen LogP contribution in [-0.2, 0) is 20.7 Å². The van der Waals surface area contributed by atoms with Gasteiger partial charge in [0.1, 0.15) is 18.2 Å². The summed E-state index contributed by atoms with van der Waals surface area (Å²) >= 11 is 2.97. The Morgan fingerprint density at radius 3 is 2.34 bits per heavy atom. The molecule has 0 spiro atoms. The minimum absolute atomic E-state index is 0.00913. The average molecular weight is 508 g/mol. The zero-order chi connectivity index (χ0) is 23.5. The molecular formula is C23H25BBrF2NO4. The molecule has 0 atom stereocenters. The summed E-state index contributed by atoms with van der Waals surface area (Å²) in [6.45, 7) is 7.59. The lowest BCUT2D eigenvalue weighted by Crippen LogP contribution is -2.41. The number of ether oxygens (including phenoxy) is 1. The molecule has 1 aliphatic rings. The molecule has 1 aliphatic heterocycles. The summed E-state index contributed by atoms with van der Waals surface area (Å²) < 4.78 is 45.8. The van der Waals surface area contributed by atoms with Gasteiger partial charge >= 0.3 is 13.2 Å². The van der Waals surface area contributed by atoms with Gasteiger partial charge in [0.25, 0.3) is 0 Å². The van der Waals surface area contributed by atoms with Crippen LogP contribution in [0.25, 0.3) is 6.08 Å². The molecule has 1 N–H and O–H groups in total. The predicted octanol–water partition coefficient (Wildman–Crippen LogP) is 5.67. The number of hydrogen-bond acceptors (Lipinski definition) is 4. The summed E-state index contributed by atoms with van der Waals surface area (Å²) in [7, 11) is -0.861. The van der Waals surface area contributed by atoms with Gasteiger partial charge in [0, 0.05) is 12.1 Å². The van der Waals surface area contributed by atoms with E-state index >= 15 is 0 Å². The van der Waals surface area contributed by atoms with E-state index < -0.39 is 36.0 Å². The average Bonchev–Trinajstić information content (AvgIpc) is 2.95. The summed E-state index contributed by atoms with van der Waals surface area (Å²) in [6.07, 6.45) is 0.767. The second-order valence-corrected chi connectivity index (χ2v) is 9.36. The van der Waals surface area contributed by atoms with E-state index in [4.69, 9.17) is 14.0 Å². The number of rotatable bonds is 6. The van der Waals surface area contributed by atoms with Crippen molar-refractivity contribution in [1.29, 1.82) is 0 Å². The minimum Gasteiger partial charge on any atom is -0.445 e. The van der Waals surface area contributed by atoms with Crippen LogP contribution in [0.15, 0.2) is 52.4 Å². The Labute approximate surface area is 195 Å². The van der Waals surface area contributed by atoms with Gasteiger partial charge in [-0.3, -0.25) is 0 Å². The van der Waals surface area contributed by atoms with Gasteiger partial charge in [-0.25, -0.2) is 13.6 Å². The number of benzene rings is 2. The lowest BCUT2D eigenvalue weighted by molar-refractivity contribution is 0.00578. The maximum Gasteiger partial charge on any atom is 0.492 e. The van der Waals surface area contributed by atoms with Gasteiger partial charge in [-0.05, 0) is 66.8 Å². The molecule has 1 fully saturated rings. The van der Waals surface area contributed by atoms with Gasteiger partial charge in [-0.1, -0.05) is 36.4 Å². The Kier molecular flexibility index (Phi) is 7.42. The summed E-state index contributed by atoms with van der Waals surface area (Å²) in [6, 6.07) is 11.4. The number of amides is 1. The fourth-order valence-electron chi connectivity index (χ4n) is 2.99. The van der Waals surface area contributed by atoms with Crippen LogP contribution in [0.3, 0.4) is 0 Å². The molecule has 0 saturated carbocycles. The molecule has 0 bridgehead atoms. The normalized spacial score (nSPS) is 17.3.